The second-order valence-corrected chi connectivity index (χ2v) is 3.32. The van der Waals surface area contributed by atoms with Crippen LogP contribution in [0.15, 0.2) is 22.8 Å². The Hall–Kier alpha value is -1.29. The van der Waals surface area contributed by atoms with Crippen LogP contribution in [-0.2, 0) is 4.74 Å². The van der Waals surface area contributed by atoms with Crippen LogP contribution in [0.4, 0.5) is 0 Å². The van der Waals surface area contributed by atoms with Gasteiger partial charge in [-0.3, -0.25) is 4.79 Å². The summed E-state index contributed by atoms with van der Waals surface area (Å²) >= 11 is 0. The smallest absolute Gasteiger partial charge is 0.287 e. The quantitative estimate of drug-likeness (QED) is 0.788. The molecule has 0 saturated carbocycles. The third-order valence-corrected chi connectivity index (χ3v) is 2.26. The lowest BCUT2D eigenvalue weighted by Gasteiger charge is -2.09. The Morgan fingerprint density at radius 3 is 3.21 bits per heavy atom. The normalized spacial score (nSPS) is 21.0. The predicted octanol–water partition coefficient (Wildman–Crippen LogP) is 1.19. The van der Waals surface area contributed by atoms with E-state index < -0.39 is 0 Å². The summed E-state index contributed by atoms with van der Waals surface area (Å²) in [5.74, 6) is 0.175. The van der Waals surface area contributed by atoms with Gasteiger partial charge in [0.15, 0.2) is 5.76 Å². The van der Waals surface area contributed by atoms with Gasteiger partial charge in [0, 0.05) is 13.2 Å². The first-order chi connectivity index (χ1) is 6.86. The van der Waals surface area contributed by atoms with Crippen molar-refractivity contribution >= 4 is 5.91 Å². The second kappa shape index (κ2) is 4.28. The summed E-state index contributed by atoms with van der Waals surface area (Å²) < 4.78 is 10.3. The average Bonchev–Trinajstić information content (AvgIpc) is 2.87. The van der Waals surface area contributed by atoms with Crippen LogP contribution in [0.1, 0.15) is 23.4 Å². The number of nitrogens with one attached hydrogen (secondary N) is 1. The number of carbonyl (C=O) groups excluding carboxylic acids is 1. The minimum atomic E-state index is -0.175. The first-order valence-electron chi connectivity index (χ1n) is 4.79. The van der Waals surface area contributed by atoms with Gasteiger partial charge in [-0.15, -0.1) is 0 Å². The molecule has 4 nitrogen and oxygen atoms in total. The molecule has 1 N–H and O–H groups in total. The highest BCUT2D eigenvalue weighted by Gasteiger charge is 2.17. The summed E-state index contributed by atoms with van der Waals surface area (Å²) in [6.45, 7) is 1.38. The van der Waals surface area contributed by atoms with Crippen LogP contribution in [0, 0.1) is 0 Å². The summed E-state index contributed by atoms with van der Waals surface area (Å²) in [6.07, 6.45) is 3.77. The molecule has 1 aliphatic heterocycles. The van der Waals surface area contributed by atoms with E-state index in [1.165, 1.54) is 6.26 Å². The van der Waals surface area contributed by atoms with Crippen molar-refractivity contribution in [3.8, 4) is 0 Å². The van der Waals surface area contributed by atoms with Crippen LogP contribution in [0.3, 0.4) is 0 Å². The number of furan rings is 1. The monoisotopic (exact) mass is 195 g/mol. The predicted molar refractivity (Wildman–Crippen MR) is 50.0 cm³/mol. The molecule has 0 aliphatic carbocycles. The second-order valence-electron chi connectivity index (χ2n) is 3.32. The highest BCUT2D eigenvalue weighted by Crippen LogP contribution is 2.10. The third kappa shape index (κ3) is 2.14. The molecule has 2 rings (SSSR count). The van der Waals surface area contributed by atoms with Crippen LogP contribution in [0.5, 0.6) is 0 Å². The largest absolute Gasteiger partial charge is 0.459 e. The Labute approximate surface area is 82.2 Å². The van der Waals surface area contributed by atoms with E-state index in [9.17, 15) is 4.79 Å². The average molecular weight is 195 g/mol. The molecule has 76 valence electrons. The van der Waals surface area contributed by atoms with Gasteiger partial charge in [0.25, 0.3) is 5.91 Å². The Kier molecular flexibility index (Phi) is 2.84. The molecular formula is C10H13NO3. The molecular weight excluding hydrogens is 182 g/mol. The van der Waals surface area contributed by atoms with E-state index in [-0.39, 0.29) is 12.0 Å². The Morgan fingerprint density at radius 2 is 2.57 bits per heavy atom. The maximum Gasteiger partial charge on any atom is 0.287 e. The maximum atomic E-state index is 11.4. The van der Waals surface area contributed by atoms with E-state index in [0.29, 0.717) is 12.3 Å². The number of amides is 1. The summed E-state index contributed by atoms with van der Waals surface area (Å²) in [4.78, 5) is 11.4. The van der Waals surface area contributed by atoms with Gasteiger partial charge in [0.05, 0.1) is 12.4 Å². The van der Waals surface area contributed by atoms with E-state index in [0.717, 1.165) is 19.4 Å². The van der Waals surface area contributed by atoms with Crippen molar-refractivity contribution in [2.45, 2.75) is 18.9 Å². The van der Waals surface area contributed by atoms with Crippen molar-refractivity contribution in [1.29, 1.82) is 0 Å². The summed E-state index contributed by atoms with van der Waals surface area (Å²) in [5.41, 5.74) is 0. The van der Waals surface area contributed by atoms with Gasteiger partial charge in [0.2, 0.25) is 0 Å². The van der Waals surface area contributed by atoms with Crippen molar-refractivity contribution in [3.63, 3.8) is 0 Å². The fourth-order valence-corrected chi connectivity index (χ4v) is 1.51. The molecule has 2 heterocycles. The lowest BCUT2D eigenvalue weighted by atomic mass is 10.2. The fourth-order valence-electron chi connectivity index (χ4n) is 1.51. The zero-order valence-corrected chi connectivity index (χ0v) is 7.86. The maximum absolute atomic E-state index is 11.4. The van der Waals surface area contributed by atoms with E-state index in [1.807, 2.05) is 0 Å². The van der Waals surface area contributed by atoms with E-state index >= 15 is 0 Å². The number of hydrogen-bond acceptors (Lipinski definition) is 3. The standard InChI is InChI=1S/C10H13NO3/c12-10(9-4-2-6-14-9)11-7-8-3-1-5-13-8/h2,4,6,8H,1,3,5,7H2,(H,11,12). The molecule has 0 bridgehead atoms. The molecule has 0 spiro atoms. The van der Waals surface area contributed by atoms with Gasteiger partial charge in [-0.2, -0.15) is 0 Å². The minimum absolute atomic E-state index is 0.175. The van der Waals surface area contributed by atoms with Crippen LogP contribution in [0.2, 0.25) is 0 Å². The Bertz CT molecular complexity index is 288. The van der Waals surface area contributed by atoms with E-state index in [4.69, 9.17) is 9.15 Å². The first-order valence-corrected chi connectivity index (χ1v) is 4.79. The third-order valence-electron chi connectivity index (χ3n) is 2.26. The summed E-state index contributed by atoms with van der Waals surface area (Å²) in [6, 6.07) is 3.34. The molecule has 1 atom stereocenters. The highest BCUT2D eigenvalue weighted by atomic mass is 16.5. The molecule has 1 amide bonds. The van der Waals surface area contributed by atoms with E-state index in [2.05, 4.69) is 5.32 Å². The van der Waals surface area contributed by atoms with Gasteiger partial charge < -0.3 is 14.5 Å². The van der Waals surface area contributed by atoms with Gasteiger partial charge in [-0.05, 0) is 25.0 Å². The van der Waals surface area contributed by atoms with E-state index in [1.54, 1.807) is 12.1 Å². The summed E-state index contributed by atoms with van der Waals surface area (Å²) in [5, 5.41) is 2.77. The van der Waals surface area contributed by atoms with Gasteiger partial charge in [0.1, 0.15) is 0 Å². The van der Waals surface area contributed by atoms with Crippen molar-refractivity contribution in [1.82, 2.24) is 5.32 Å². The highest BCUT2D eigenvalue weighted by molar-refractivity contribution is 5.91. The molecule has 4 heteroatoms. The number of hydrogen-bond donors (Lipinski definition) is 1. The zero-order valence-electron chi connectivity index (χ0n) is 7.86. The zero-order chi connectivity index (χ0) is 9.80. The van der Waals surface area contributed by atoms with Gasteiger partial charge >= 0.3 is 0 Å². The van der Waals surface area contributed by atoms with Crippen molar-refractivity contribution in [3.05, 3.63) is 24.2 Å². The SMILES string of the molecule is O=C(NCC1CCCO1)c1ccco1. The van der Waals surface area contributed by atoms with Crippen LogP contribution in [-0.4, -0.2) is 25.2 Å². The molecule has 1 unspecified atom stereocenters. The fraction of sp³-hybridized carbons (Fsp3) is 0.500. The van der Waals surface area contributed by atoms with Crippen molar-refractivity contribution in [2.75, 3.05) is 13.2 Å². The van der Waals surface area contributed by atoms with Gasteiger partial charge in [-0.1, -0.05) is 0 Å². The molecule has 0 aromatic carbocycles. The van der Waals surface area contributed by atoms with Gasteiger partial charge in [-0.25, -0.2) is 0 Å². The molecule has 1 aromatic heterocycles. The minimum Gasteiger partial charge on any atom is -0.459 e. The number of rotatable bonds is 3. The Balaban J connectivity index is 1.78. The first kappa shape index (κ1) is 9.27. The topological polar surface area (TPSA) is 51.5 Å². The van der Waals surface area contributed by atoms with Crippen LogP contribution < -0.4 is 5.32 Å². The lowest BCUT2D eigenvalue weighted by Crippen LogP contribution is -2.31. The molecule has 1 fully saturated rings. The molecule has 14 heavy (non-hydrogen) atoms. The molecule has 1 saturated heterocycles. The lowest BCUT2D eigenvalue weighted by molar-refractivity contribution is 0.0835. The Morgan fingerprint density at radius 1 is 1.64 bits per heavy atom. The van der Waals surface area contributed by atoms with Crippen LogP contribution in [0.25, 0.3) is 0 Å². The van der Waals surface area contributed by atoms with Crippen molar-refractivity contribution < 1.29 is 13.9 Å². The van der Waals surface area contributed by atoms with Crippen molar-refractivity contribution in [2.24, 2.45) is 0 Å². The van der Waals surface area contributed by atoms with Crippen LogP contribution >= 0.6 is 0 Å². The molecule has 1 aromatic rings. The number of carbonyl (C=O) groups is 1. The summed E-state index contributed by atoms with van der Waals surface area (Å²) in [7, 11) is 0. The molecule has 0 radical (unpaired) electrons. The number of ether oxygens (including phenoxy) is 1. The molecule has 1 aliphatic rings.